The molecule has 0 bridgehead atoms. The summed E-state index contributed by atoms with van der Waals surface area (Å²) in [5, 5.41) is 10.3. The van der Waals surface area contributed by atoms with Crippen LogP contribution in [0.5, 0.6) is 17.2 Å². The smallest absolute Gasteiger partial charge is 0.200 e. The number of hydrogen-bond donors (Lipinski definition) is 2. The van der Waals surface area contributed by atoms with Gasteiger partial charge in [-0.25, -0.2) is 4.98 Å². The number of anilines is 2. The van der Waals surface area contributed by atoms with Crippen molar-refractivity contribution in [2.75, 3.05) is 52.2 Å². The molecule has 4 rings (SSSR count). The van der Waals surface area contributed by atoms with Gasteiger partial charge in [-0.3, -0.25) is 0 Å². The van der Waals surface area contributed by atoms with E-state index in [-0.39, 0.29) is 5.75 Å². The van der Waals surface area contributed by atoms with E-state index in [0.717, 1.165) is 39.5 Å². The van der Waals surface area contributed by atoms with Gasteiger partial charge < -0.3 is 29.4 Å². The number of nitrogens with one attached hydrogen (secondary N) is 1. The fourth-order valence-corrected chi connectivity index (χ4v) is 3.80. The van der Waals surface area contributed by atoms with E-state index in [1.807, 2.05) is 28.2 Å². The lowest BCUT2D eigenvalue weighted by Gasteiger charge is -2.13. The van der Waals surface area contributed by atoms with Gasteiger partial charge in [0.05, 0.1) is 25.6 Å². The number of H-pyrrole nitrogens is 1. The second-order valence-corrected chi connectivity index (χ2v) is 8.42. The van der Waals surface area contributed by atoms with Gasteiger partial charge in [-0.05, 0) is 36.4 Å². The van der Waals surface area contributed by atoms with E-state index in [0.29, 0.717) is 17.3 Å². The van der Waals surface area contributed by atoms with Crippen LogP contribution in [-0.2, 0) is 0 Å². The second kappa shape index (κ2) is 9.39. The Balaban J connectivity index is 1.88. The maximum absolute atomic E-state index is 10.3. The van der Waals surface area contributed by atoms with Crippen LogP contribution < -0.4 is 19.3 Å². The number of nitrogens with zero attached hydrogens (tertiary/aromatic N) is 3. The van der Waals surface area contributed by atoms with Gasteiger partial charge in [-0.15, -0.1) is 0 Å². The quantitative estimate of drug-likeness (QED) is 0.393. The predicted octanol–water partition coefficient (Wildman–Crippen LogP) is 5.27. The van der Waals surface area contributed by atoms with E-state index < -0.39 is 0 Å². The molecule has 4 aromatic rings. The summed E-state index contributed by atoms with van der Waals surface area (Å²) in [6.45, 7) is 0. The highest BCUT2D eigenvalue weighted by molar-refractivity contribution is 5.83. The molecule has 0 amide bonds. The molecule has 0 spiro atoms. The summed E-state index contributed by atoms with van der Waals surface area (Å²) in [6, 6.07) is 20.1. The zero-order chi connectivity index (χ0) is 24.4. The van der Waals surface area contributed by atoms with Gasteiger partial charge in [0, 0.05) is 56.3 Å². The Morgan fingerprint density at radius 1 is 0.706 bits per heavy atom. The first kappa shape index (κ1) is 23.0. The molecule has 0 unspecified atom stereocenters. The third kappa shape index (κ3) is 4.37. The number of rotatable bonds is 7. The Morgan fingerprint density at radius 3 is 1.62 bits per heavy atom. The summed E-state index contributed by atoms with van der Waals surface area (Å²) in [4.78, 5) is 12.6. The van der Waals surface area contributed by atoms with Gasteiger partial charge in [0.25, 0.3) is 0 Å². The summed E-state index contributed by atoms with van der Waals surface area (Å²) < 4.78 is 10.7. The summed E-state index contributed by atoms with van der Waals surface area (Å²) in [6.07, 6.45) is 0. The maximum Gasteiger partial charge on any atom is 0.200 e. The number of aromatic hydroxyl groups is 1. The van der Waals surface area contributed by atoms with E-state index in [4.69, 9.17) is 14.5 Å². The monoisotopic (exact) mass is 458 g/mol. The van der Waals surface area contributed by atoms with Crippen molar-refractivity contribution in [1.82, 2.24) is 9.97 Å². The summed E-state index contributed by atoms with van der Waals surface area (Å²) in [5.74, 6) is 1.24. The second-order valence-electron chi connectivity index (χ2n) is 8.42. The van der Waals surface area contributed by atoms with Crippen molar-refractivity contribution in [2.45, 2.75) is 0 Å². The molecule has 3 aromatic carbocycles. The Hall–Kier alpha value is -4.13. The van der Waals surface area contributed by atoms with Gasteiger partial charge in [0.1, 0.15) is 5.82 Å². The minimum absolute atomic E-state index is 0.0423. The predicted molar refractivity (Wildman–Crippen MR) is 138 cm³/mol. The Kier molecular flexibility index (Phi) is 6.36. The molecular formula is C27H30N4O3. The minimum atomic E-state index is -0.0423. The SMILES string of the molecule is COc1cc(-c2nc(-c3ccc(N(C)C)cc3)c(-c3ccc(N(C)C)cc3)[nH]2)cc(OC)c1O. The lowest BCUT2D eigenvalue weighted by Crippen LogP contribution is -2.08. The van der Waals surface area contributed by atoms with Gasteiger partial charge in [-0.1, -0.05) is 24.3 Å². The van der Waals surface area contributed by atoms with Crippen molar-refractivity contribution in [3.05, 3.63) is 60.7 Å². The van der Waals surface area contributed by atoms with Crippen LogP contribution in [-0.4, -0.2) is 57.5 Å². The lowest BCUT2D eigenvalue weighted by atomic mass is 10.0. The minimum Gasteiger partial charge on any atom is -0.502 e. The van der Waals surface area contributed by atoms with Crippen LogP contribution >= 0.6 is 0 Å². The van der Waals surface area contributed by atoms with Crippen LogP contribution in [0.4, 0.5) is 11.4 Å². The van der Waals surface area contributed by atoms with Gasteiger partial charge in [-0.2, -0.15) is 0 Å². The van der Waals surface area contributed by atoms with Crippen molar-refractivity contribution in [1.29, 1.82) is 0 Å². The molecule has 1 aromatic heterocycles. The zero-order valence-corrected chi connectivity index (χ0v) is 20.4. The standard InChI is InChI=1S/C27H30N4O3/c1-30(2)20-11-7-17(8-12-20)24-25(18-9-13-21(14-10-18)31(3)4)29-27(28-24)19-15-22(33-5)26(32)23(16-19)34-6/h7-16,32H,1-6H3,(H,28,29). The van der Waals surface area contributed by atoms with Crippen LogP contribution in [0.15, 0.2) is 60.7 Å². The lowest BCUT2D eigenvalue weighted by molar-refractivity contribution is 0.340. The Bertz CT molecular complexity index is 1180. The fourth-order valence-electron chi connectivity index (χ4n) is 3.80. The molecule has 1 heterocycles. The highest BCUT2D eigenvalue weighted by Gasteiger charge is 2.19. The molecule has 7 nitrogen and oxygen atoms in total. The first-order valence-corrected chi connectivity index (χ1v) is 10.9. The average Bonchev–Trinajstić information content (AvgIpc) is 3.30. The van der Waals surface area contributed by atoms with Gasteiger partial charge in [0.2, 0.25) is 5.75 Å². The third-order valence-electron chi connectivity index (χ3n) is 5.79. The number of benzene rings is 3. The van der Waals surface area contributed by atoms with Crippen LogP contribution in [0, 0.1) is 0 Å². The fraction of sp³-hybridized carbons (Fsp3) is 0.222. The molecule has 0 fully saturated rings. The number of ether oxygens (including phenoxy) is 2. The summed E-state index contributed by atoms with van der Waals surface area (Å²) >= 11 is 0. The molecule has 0 radical (unpaired) electrons. The molecule has 2 N–H and O–H groups in total. The van der Waals surface area contributed by atoms with Crippen molar-refractivity contribution in [3.63, 3.8) is 0 Å². The number of methoxy groups -OCH3 is 2. The van der Waals surface area contributed by atoms with Crippen LogP contribution in [0.3, 0.4) is 0 Å². The van der Waals surface area contributed by atoms with Crippen molar-refractivity contribution in [2.24, 2.45) is 0 Å². The van der Waals surface area contributed by atoms with Crippen LogP contribution in [0.1, 0.15) is 0 Å². The Labute approximate surface area is 200 Å². The molecule has 0 aliphatic rings. The maximum atomic E-state index is 10.3. The van der Waals surface area contributed by atoms with Crippen molar-refractivity contribution in [3.8, 4) is 51.2 Å². The molecule has 34 heavy (non-hydrogen) atoms. The highest BCUT2D eigenvalue weighted by Crippen LogP contribution is 2.41. The van der Waals surface area contributed by atoms with Crippen molar-refractivity contribution >= 4 is 11.4 Å². The number of imidazole rings is 1. The number of hydrogen-bond acceptors (Lipinski definition) is 6. The molecule has 0 saturated heterocycles. The highest BCUT2D eigenvalue weighted by atomic mass is 16.5. The summed E-state index contributed by atoms with van der Waals surface area (Å²) in [5.41, 5.74) is 6.74. The van der Waals surface area contributed by atoms with E-state index in [1.165, 1.54) is 14.2 Å². The number of phenols is 1. The number of aromatic nitrogens is 2. The molecule has 0 aliphatic carbocycles. The van der Waals surface area contributed by atoms with E-state index >= 15 is 0 Å². The molecule has 0 atom stereocenters. The van der Waals surface area contributed by atoms with E-state index in [1.54, 1.807) is 12.1 Å². The zero-order valence-electron chi connectivity index (χ0n) is 20.4. The molecule has 7 heteroatoms. The first-order valence-electron chi connectivity index (χ1n) is 10.9. The van der Waals surface area contributed by atoms with Crippen LogP contribution in [0.25, 0.3) is 33.9 Å². The largest absolute Gasteiger partial charge is 0.502 e. The average molecular weight is 459 g/mol. The number of aromatic amines is 1. The Morgan fingerprint density at radius 2 is 1.18 bits per heavy atom. The van der Waals surface area contributed by atoms with Gasteiger partial charge >= 0.3 is 0 Å². The van der Waals surface area contributed by atoms with E-state index in [9.17, 15) is 5.11 Å². The van der Waals surface area contributed by atoms with Crippen LogP contribution in [0.2, 0.25) is 0 Å². The molecular weight excluding hydrogens is 428 g/mol. The normalized spacial score (nSPS) is 10.8. The van der Waals surface area contributed by atoms with E-state index in [2.05, 4.69) is 63.3 Å². The number of phenolic OH excluding ortho intramolecular Hbond substituents is 1. The van der Waals surface area contributed by atoms with Crippen molar-refractivity contribution < 1.29 is 14.6 Å². The molecule has 0 aliphatic heterocycles. The molecule has 0 saturated carbocycles. The molecule has 176 valence electrons. The summed E-state index contributed by atoms with van der Waals surface area (Å²) in [7, 11) is 11.1. The first-order chi connectivity index (χ1) is 16.3. The third-order valence-corrected chi connectivity index (χ3v) is 5.79. The topological polar surface area (TPSA) is 73.9 Å². The van der Waals surface area contributed by atoms with Gasteiger partial charge in [0.15, 0.2) is 11.5 Å².